The molecule has 2 aliphatic heterocycles. The van der Waals surface area contributed by atoms with Gasteiger partial charge in [0.1, 0.15) is 17.6 Å². The normalized spacial score (nSPS) is 22.3. The molecule has 4 rings (SSSR count). The fourth-order valence-electron chi connectivity index (χ4n) is 3.58. The Bertz CT molecular complexity index is 738. The molecule has 2 aliphatic rings. The number of aryl methyl sites for hydroxylation is 1. The molecule has 0 radical (unpaired) electrons. The second kappa shape index (κ2) is 6.48. The standard InChI is InChI=1S/C18H21N3O4/c1-13-9-16(20-25-13)17(22)21-7-4-18(5-8-21)10-15(12-23-18)24-14-3-2-6-19-11-14/h2-3,6,9,11,15H,4-5,7-8,10,12H2,1H3. The Morgan fingerprint density at radius 3 is 2.92 bits per heavy atom. The van der Waals surface area contributed by atoms with Crippen LogP contribution >= 0.6 is 0 Å². The number of piperidine rings is 1. The highest BCUT2D eigenvalue weighted by atomic mass is 16.6. The molecule has 0 aromatic carbocycles. The van der Waals surface area contributed by atoms with Crippen molar-refractivity contribution in [1.82, 2.24) is 15.0 Å². The van der Waals surface area contributed by atoms with Crippen LogP contribution in [0.4, 0.5) is 0 Å². The summed E-state index contributed by atoms with van der Waals surface area (Å²) in [7, 11) is 0. The van der Waals surface area contributed by atoms with E-state index in [9.17, 15) is 4.79 Å². The second-order valence-electron chi connectivity index (χ2n) is 6.74. The van der Waals surface area contributed by atoms with E-state index < -0.39 is 0 Å². The maximum Gasteiger partial charge on any atom is 0.276 e. The van der Waals surface area contributed by atoms with Gasteiger partial charge in [0.2, 0.25) is 0 Å². The molecule has 25 heavy (non-hydrogen) atoms. The SMILES string of the molecule is Cc1cc(C(=O)N2CCC3(CC2)CC(Oc2cccnc2)CO3)no1. The molecule has 7 heteroatoms. The molecule has 1 spiro atoms. The summed E-state index contributed by atoms with van der Waals surface area (Å²) < 4.78 is 17.0. The van der Waals surface area contributed by atoms with E-state index in [1.807, 2.05) is 17.0 Å². The second-order valence-corrected chi connectivity index (χ2v) is 6.74. The fourth-order valence-corrected chi connectivity index (χ4v) is 3.58. The Kier molecular flexibility index (Phi) is 4.17. The van der Waals surface area contributed by atoms with Crippen LogP contribution in [0.2, 0.25) is 0 Å². The van der Waals surface area contributed by atoms with Crippen molar-refractivity contribution in [3.8, 4) is 5.75 Å². The van der Waals surface area contributed by atoms with Gasteiger partial charge >= 0.3 is 0 Å². The van der Waals surface area contributed by atoms with Gasteiger partial charge in [0.15, 0.2) is 5.69 Å². The first kappa shape index (κ1) is 16.1. The molecule has 2 fully saturated rings. The monoisotopic (exact) mass is 343 g/mol. The van der Waals surface area contributed by atoms with Crippen LogP contribution < -0.4 is 4.74 Å². The Hall–Kier alpha value is -2.41. The number of hydrogen-bond acceptors (Lipinski definition) is 6. The van der Waals surface area contributed by atoms with Gasteiger partial charge in [0.05, 0.1) is 18.4 Å². The third-order valence-corrected chi connectivity index (χ3v) is 4.92. The number of ether oxygens (including phenoxy) is 2. The molecule has 1 amide bonds. The van der Waals surface area contributed by atoms with Gasteiger partial charge < -0.3 is 18.9 Å². The number of hydrogen-bond donors (Lipinski definition) is 0. The number of pyridine rings is 1. The van der Waals surface area contributed by atoms with Crippen LogP contribution in [0.3, 0.4) is 0 Å². The Morgan fingerprint density at radius 1 is 1.40 bits per heavy atom. The minimum Gasteiger partial charge on any atom is -0.486 e. The van der Waals surface area contributed by atoms with E-state index >= 15 is 0 Å². The Balaban J connectivity index is 1.33. The molecule has 4 heterocycles. The molecular formula is C18H21N3O4. The lowest BCUT2D eigenvalue weighted by atomic mass is 9.88. The number of aromatic nitrogens is 2. The maximum atomic E-state index is 12.5. The van der Waals surface area contributed by atoms with Crippen LogP contribution in [0.1, 0.15) is 35.5 Å². The zero-order chi connectivity index (χ0) is 17.3. The molecule has 2 saturated heterocycles. The van der Waals surface area contributed by atoms with Crippen LogP contribution in [-0.4, -0.2) is 52.3 Å². The van der Waals surface area contributed by atoms with E-state index in [4.69, 9.17) is 14.0 Å². The first-order valence-corrected chi connectivity index (χ1v) is 8.57. The van der Waals surface area contributed by atoms with Crippen molar-refractivity contribution in [2.45, 2.75) is 37.9 Å². The maximum absolute atomic E-state index is 12.5. The van der Waals surface area contributed by atoms with E-state index in [2.05, 4.69) is 10.1 Å². The molecule has 0 saturated carbocycles. The first-order valence-electron chi connectivity index (χ1n) is 8.57. The molecule has 0 bridgehead atoms. The van der Waals surface area contributed by atoms with Gasteiger partial charge in [-0.05, 0) is 31.9 Å². The van der Waals surface area contributed by atoms with Crippen LogP contribution in [0.15, 0.2) is 35.1 Å². The van der Waals surface area contributed by atoms with Gasteiger partial charge in [0, 0.05) is 31.8 Å². The lowest BCUT2D eigenvalue weighted by Gasteiger charge is -2.38. The predicted molar refractivity (Wildman–Crippen MR) is 88.3 cm³/mol. The number of rotatable bonds is 3. The summed E-state index contributed by atoms with van der Waals surface area (Å²) in [6, 6.07) is 5.44. The highest BCUT2D eigenvalue weighted by Gasteiger charge is 2.44. The van der Waals surface area contributed by atoms with E-state index in [1.165, 1.54) is 0 Å². The van der Waals surface area contributed by atoms with Crippen LogP contribution in [0, 0.1) is 6.92 Å². The van der Waals surface area contributed by atoms with Gasteiger partial charge in [-0.3, -0.25) is 9.78 Å². The summed E-state index contributed by atoms with van der Waals surface area (Å²) in [5.41, 5.74) is 0.183. The predicted octanol–water partition coefficient (Wildman–Crippen LogP) is 2.22. The number of amides is 1. The van der Waals surface area contributed by atoms with Crippen molar-refractivity contribution in [3.05, 3.63) is 42.0 Å². The highest BCUT2D eigenvalue weighted by Crippen LogP contribution is 2.37. The summed E-state index contributed by atoms with van der Waals surface area (Å²) in [5.74, 6) is 1.33. The molecule has 7 nitrogen and oxygen atoms in total. The van der Waals surface area contributed by atoms with Crippen LogP contribution in [-0.2, 0) is 4.74 Å². The average Bonchev–Trinajstić information content (AvgIpc) is 3.23. The van der Waals surface area contributed by atoms with Gasteiger partial charge in [-0.15, -0.1) is 0 Å². The largest absolute Gasteiger partial charge is 0.486 e. The number of carbonyl (C=O) groups excluding carboxylic acids is 1. The molecule has 0 N–H and O–H groups in total. The highest BCUT2D eigenvalue weighted by molar-refractivity contribution is 5.92. The molecule has 1 unspecified atom stereocenters. The quantitative estimate of drug-likeness (QED) is 0.850. The van der Waals surface area contributed by atoms with Crippen molar-refractivity contribution in [2.75, 3.05) is 19.7 Å². The summed E-state index contributed by atoms with van der Waals surface area (Å²) >= 11 is 0. The minimum atomic E-state index is -0.191. The van der Waals surface area contributed by atoms with E-state index in [1.54, 1.807) is 25.4 Å². The zero-order valence-electron chi connectivity index (χ0n) is 14.2. The smallest absolute Gasteiger partial charge is 0.276 e. The van der Waals surface area contributed by atoms with E-state index in [-0.39, 0.29) is 17.6 Å². The van der Waals surface area contributed by atoms with Crippen molar-refractivity contribution >= 4 is 5.91 Å². The van der Waals surface area contributed by atoms with Gasteiger partial charge in [-0.25, -0.2) is 0 Å². The van der Waals surface area contributed by atoms with Gasteiger partial charge in [-0.2, -0.15) is 0 Å². The fraction of sp³-hybridized carbons (Fsp3) is 0.500. The molecule has 0 aliphatic carbocycles. The Morgan fingerprint density at radius 2 is 2.24 bits per heavy atom. The summed E-state index contributed by atoms with van der Waals surface area (Å²) in [5, 5.41) is 3.82. The van der Waals surface area contributed by atoms with Gasteiger partial charge in [-0.1, -0.05) is 5.16 Å². The Labute approximate surface area is 145 Å². The van der Waals surface area contributed by atoms with Gasteiger partial charge in [0.25, 0.3) is 5.91 Å². The van der Waals surface area contributed by atoms with Crippen LogP contribution in [0.5, 0.6) is 5.75 Å². The van der Waals surface area contributed by atoms with Crippen molar-refractivity contribution in [2.24, 2.45) is 0 Å². The molecule has 132 valence electrons. The molecular weight excluding hydrogens is 322 g/mol. The number of carbonyl (C=O) groups is 1. The van der Waals surface area contributed by atoms with Crippen molar-refractivity contribution in [3.63, 3.8) is 0 Å². The summed E-state index contributed by atoms with van der Waals surface area (Å²) in [6.07, 6.45) is 5.93. The van der Waals surface area contributed by atoms with Crippen molar-refractivity contribution in [1.29, 1.82) is 0 Å². The topological polar surface area (TPSA) is 77.7 Å². The third-order valence-electron chi connectivity index (χ3n) is 4.92. The molecule has 2 aromatic rings. The van der Waals surface area contributed by atoms with E-state index in [0.29, 0.717) is 31.2 Å². The van der Waals surface area contributed by atoms with Crippen LogP contribution in [0.25, 0.3) is 0 Å². The molecule has 2 aromatic heterocycles. The minimum absolute atomic E-state index is 0.0321. The number of likely N-dealkylation sites (tertiary alicyclic amines) is 1. The third kappa shape index (κ3) is 3.37. The average molecular weight is 343 g/mol. The molecule has 1 atom stereocenters. The zero-order valence-corrected chi connectivity index (χ0v) is 14.2. The van der Waals surface area contributed by atoms with Crippen molar-refractivity contribution < 1.29 is 18.8 Å². The lowest BCUT2D eigenvalue weighted by Crippen LogP contribution is -2.46. The number of nitrogens with zero attached hydrogens (tertiary/aromatic N) is 3. The summed E-state index contributed by atoms with van der Waals surface area (Å²) in [6.45, 7) is 3.67. The first-order chi connectivity index (χ1) is 12.1. The van der Waals surface area contributed by atoms with E-state index in [0.717, 1.165) is 25.0 Å². The lowest BCUT2D eigenvalue weighted by molar-refractivity contribution is -0.0397. The summed E-state index contributed by atoms with van der Waals surface area (Å²) in [4.78, 5) is 18.3.